The van der Waals surface area contributed by atoms with Gasteiger partial charge >= 0.3 is 5.97 Å². The Morgan fingerprint density at radius 1 is 1.03 bits per heavy atom. The van der Waals surface area contributed by atoms with Gasteiger partial charge in [0.05, 0.1) is 35.0 Å². The Labute approximate surface area is 211 Å². The van der Waals surface area contributed by atoms with Gasteiger partial charge in [0.25, 0.3) is 5.91 Å². The lowest BCUT2D eigenvalue weighted by atomic mass is 10.0. The van der Waals surface area contributed by atoms with Crippen LogP contribution in [0.5, 0.6) is 0 Å². The highest BCUT2D eigenvalue weighted by atomic mass is 19.1. The van der Waals surface area contributed by atoms with Crippen LogP contribution in [-0.4, -0.2) is 32.4 Å². The van der Waals surface area contributed by atoms with Crippen molar-refractivity contribution in [1.82, 2.24) is 20.3 Å². The molecule has 0 fully saturated rings. The number of carbonyl (C=O) groups excluding carboxylic acids is 2. The molecule has 8 nitrogen and oxygen atoms in total. The van der Waals surface area contributed by atoms with Gasteiger partial charge in [-0.3, -0.25) is 9.78 Å². The van der Waals surface area contributed by atoms with Gasteiger partial charge in [0.1, 0.15) is 11.4 Å². The highest BCUT2D eigenvalue weighted by Gasteiger charge is 2.23. The molecule has 5 rings (SSSR count). The summed E-state index contributed by atoms with van der Waals surface area (Å²) < 4.78 is 25.2. The van der Waals surface area contributed by atoms with Crippen molar-refractivity contribution in [3.63, 3.8) is 0 Å². The number of hydrogen-bond donors (Lipinski definition) is 1. The first-order chi connectivity index (χ1) is 17.7. The predicted molar refractivity (Wildman–Crippen MR) is 135 cm³/mol. The van der Waals surface area contributed by atoms with Crippen LogP contribution in [0.4, 0.5) is 4.39 Å². The number of amides is 1. The first kappa shape index (κ1) is 24.1. The Kier molecular flexibility index (Phi) is 6.12. The van der Waals surface area contributed by atoms with Gasteiger partial charge in [0, 0.05) is 22.5 Å². The molecule has 9 heteroatoms. The van der Waals surface area contributed by atoms with Gasteiger partial charge in [-0.05, 0) is 57.2 Å². The fourth-order valence-electron chi connectivity index (χ4n) is 3.82. The lowest BCUT2D eigenvalue weighted by Crippen LogP contribution is -2.24. The number of oxazole rings is 1. The largest absolute Gasteiger partial charge is 0.456 e. The molecule has 0 radical (unpaired) electrons. The average molecular weight is 499 g/mol. The Balaban J connectivity index is 1.51. The first-order valence-electron chi connectivity index (χ1n) is 11.6. The third-order valence-electron chi connectivity index (χ3n) is 5.48. The molecule has 0 aliphatic carbocycles. The summed E-state index contributed by atoms with van der Waals surface area (Å²) >= 11 is 0. The van der Waals surface area contributed by atoms with Crippen LogP contribution >= 0.6 is 0 Å². The normalized spacial score (nSPS) is 11.6. The maximum atomic E-state index is 13.8. The van der Waals surface area contributed by atoms with Crippen molar-refractivity contribution in [3.8, 4) is 11.5 Å². The summed E-state index contributed by atoms with van der Waals surface area (Å²) in [6.45, 7) is 5.26. The first-order valence-corrected chi connectivity index (χ1v) is 11.6. The number of pyridine rings is 2. The number of benzene rings is 2. The van der Waals surface area contributed by atoms with Gasteiger partial charge in [-0.1, -0.05) is 18.2 Å². The minimum absolute atomic E-state index is 0.0725. The lowest BCUT2D eigenvalue weighted by Gasteiger charge is -2.20. The van der Waals surface area contributed by atoms with E-state index in [-0.39, 0.29) is 23.9 Å². The molecule has 0 unspecified atom stereocenters. The van der Waals surface area contributed by atoms with Gasteiger partial charge < -0.3 is 14.5 Å². The zero-order chi connectivity index (χ0) is 26.2. The topological polar surface area (TPSA) is 107 Å². The standard InChI is InChI=1S/C28H23FN4O4/c1-28(2,3)37-27(35)19-12-17(13-22-18(19)11-16-7-4-5-9-21(16)33-22)26-32-15-24(36-26)25(34)31-14-23-20(29)8-6-10-30-23/h4-13,15H,14H2,1-3H3,(H,31,34). The number of halogens is 1. The zero-order valence-corrected chi connectivity index (χ0v) is 20.4. The number of esters is 1. The second-order valence-electron chi connectivity index (χ2n) is 9.42. The van der Waals surface area contributed by atoms with Crippen LogP contribution in [0, 0.1) is 5.82 Å². The summed E-state index contributed by atoms with van der Waals surface area (Å²) in [4.78, 5) is 38.6. The number of para-hydroxylation sites is 1. The van der Waals surface area contributed by atoms with Crippen molar-refractivity contribution >= 4 is 33.7 Å². The van der Waals surface area contributed by atoms with E-state index in [1.165, 1.54) is 24.5 Å². The summed E-state index contributed by atoms with van der Waals surface area (Å²) in [5, 5.41) is 4.07. The van der Waals surface area contributed by atoms with E-state index in [1.54, 1.807) is 32.9 Å². The van der Waals surface area contributed by atoms with E-state index in [2.05, 4.69) is 15.3 Å². The monoisotopic (exact) mass is 498 g/mol. The number of hydrogen-bond acceptors (Lipinski definition) is 7. The van der Waals surface area contributed by atoms with E-state index in [1.807, 2.05) is 30.3 Å². The summed E-state index contributed by atoms with van der Waals surface area (Å²) in [5.74, 6) is -1.57. The highest BCUT2D eigenvalue weighted by molar-refractivity contribution is 6.08. The van der Waals surface area contributed by atoms with Crippen LogP contribution in [0.15, 0.2) is 71.4 Å². The van der Waals surface area contributed by atoms with Crippen molar-refractivity contribution in [1.29, 1.82) is 0 Å². The molecule has 1 N–H and O–H groups in total. The molecule has 1 amide bonds. The van der Waals surface area contributed by atoms with E-state index < -0.39 is 23.3 Å². The molecule has 0 spiro atoms. The van der Waals surface area contributed by atoms with Gasteiger partial charge in [0.15, 0.2) is 0 Å². The number of nitrogens with zero attached hydrogens (tertiary/aromatic N) is 3. The molecule has 186 valence electrons. The summed E-state index contributed by atoms with van der Waals surface area (Å²) in [6, 6.07) is 15.6. The zero-order valence-electron chi connectivity index (χ0n) is 20.4. The molecule has 3 aromatic heterocycles. The third kappa shape index (κ3) is 5.16. The molecular formula is C28H23FN4O4. The van der Waals surface area contributed by atoms with Crippen LogP contribution in [0.25, 0.3) is 33.3 Å². The Hall–Kier alpha value is -4.66. The molecule has 0 saturated carbocycles. The van der Waals surface area contributed by atoms with Crippen LogP contribution < -0.4 is 5.32 Å². The van der Waals surface area contributed by atoms with Crippen molar-refractivity contribution in [2.45, 2.75) is 32.9 Å². The van der Waals surface area contributed by atoms with Gasteiger partial charge in [-0.15, -0.1) is 0 Å². The molecule has 3 heterocycles. The predicted octanol–water partition coefficient (Wildman–Crippen LogP) is 5.46. The molecule has 0 aliphatic rings. The summed E-state index contributed by atoms with van der Waals surface area (Å²) in [6.07, 6.45) is 2.71. The molecular weight excluding hydrogens is 475 g/mol. The fraction of sp³-hybridized carbons (Fsp3) is 0.179. The van der Waals surface area contributed by atoms with Crippen LogP contribution in [0.3, 0.4) is 0 Å². The van der Waals surface area contributed by atoms with Crippen molar-refractivity contribution < 1.29 is 23.1 Å². The van der Waals surface area contributed by atoms with Gasteiger partial charge in [0.2, 0.25) is 11.7 Å². The Morgan fingerprint density at radius 3 is 2.62 bits per heavy atom. The molecule has 0 aliphatic heterocycles. The average Bonchev–Trinajstić information content (AvgIpc) is 3.36. The van der Waals surface area contributed by atoms with Crippen molar-refractivity contribution in [2.24, 2.45) is 0 Å². The number of rotatable bonds is 5. The van der Waals surface area contributed by atoms with E-state index >= 15 is 0 Å². The maximum absolute atomic E-state index is 13.8. The number of ether oxygens (including phenoxy) is 1. The van der Waals surface area contributed by atoms with Gasteiger partial charge in [-0.2, -0.15) is 0 Å². The second kappa shape index (κ2) is 9.42. The number of carbonyl (C=O) groups is 2. The van der Waals surface area contributed by atoms with Crippen LogP contribution in [0.1, 0.15) is 47.4 Å². The van der Waals surface area contributed by atoms with Crippen molar-refractivity contribution in [3.05, 3.63) is 89.8 Å². The molecule has 5 aromatic rings. The van der Waals surface area contributed by atoms with Crippen LogP contribution in [-0.2, 0) is 11.3 Å². The van der Waals surface area contributed by atoms with E-state index in [4.69, 9.17) is 14.1 Å². The number of fused-ring (bicyclic) bond motifs is 2. The molecule has 2 aromatic carbocycles. The minimum atomic E-state index is -0.703. The Bertz CT molecular complexity index is 1660. The third-order valence-corrected chi connectivity index (χ3v) is 5.48. The second-order valence-corrected chi connectivity index (χ2v) is 9.42. The van der Waals surface area contributed by atoms with E-state index in [0.717, 1.165) is 10.9 Å². The van der Waals surface area contributed by atoms with E-state index in [9.17, 15) is 14.0 Å². The lowest BCUT2D eigenvalue weighted by molar-refractivity contribution is 0.00717. The maximum Gasteiger partial charge on any atom is 0.339 e. The highest BCUT2D eigenvalue weighted by Crippen LogP contribution is 2.30. The van der Waals surface area contributed by atoms with Crippen LogP contribution in [0.2, 0.25) is 0 Å². The summed E-state index contributed by atoms with van der Waals surface area (Å²) in [7, 11) is 0. The smallest absolute Gasteiger partial charge is 0.339 e. The molecule has 0 saturated heterocycles. The SMILES string of the molecule is CC(C)(C)OC(=O)c1cc(-c2ncc(C(=O)NCc3ncccc3F)o2)cc2nc3ccccc3cc12. The van der Waals surface area contributed by atoms with E-state index in [0.29, 0.717) is 22.0 Å². The summed E-state index contributed by atoms with van der Waals surface area (Å²) in [5.41, 5.74) is 1.46. The quantitative estimate of drug-likeness (QED) is 0.253. The number of nitrogens with one attached hydrogen (secondary N) is 1. The minimum Gasteiger partial charge on any atom is -0.456 e. The Morgan fingerprint density at radius 2 is 1.84 bits per heavy atom. The number of aromatic nitrogens is 3. The van der Waals surface area contributed by atoms with Gasteiger partial charge in [-0.25, -0.2) is 19.2 Å². The molecule has 0 atom stereocenters. The van der Waals surface area contributed by atoms with Crippen molar-refractivity contribution in [2.75, 3.05) is 0 Å². The molecule has 37 heavy (non-hydrogen) atoms. The fourth-order valence-corrected chi connectivity index (χ4v) is 3.82. The molecule has 0 bridgehead atoms.